The first-order chi connectivity index (χ1) is 13.4. The van der Waals surface area contributed by atoms with Gasteiger partial charge in [-0.3, -0.25) is 14.4 Å². The lowest BCUT2D eigenvalue weighted by Gasteiger charge is -2.14. The Morgan fingerprint density at radius 2 is 1.50 bits per heavy atom. The van der Waals surface area contributed by atoms with Gasteiger partial charge in [0.15, 0.2) is 0 Å². The Hall–Kier alpha value is -3.35. The van der Waals surface area contributed by atoms with Gasteiger partial charge >= 0.3 is 0 Å². The summed E-state index contributed by atoms with van der Waals surface area (Å²) in [5, 5.41) is 11.5. The van der Waals surface area contributed by atoms with Crippen LogP contribution in [0.25, 0.3) is 0 Å². The van der Waals surface area contributed by atoms with Crippen LogP contribution in [0.4, 0.5) is 22.7 Å². The van der Waals surface area contributed by atoms with Crippen LogP contribution in [-0.2, 0) is 14.4 Å². The maximum atomic E-state index is 12.2. The molecule has 0 atom stereocenters. The Bertz CT molecular complexity index is 889. The second-order valence-electron chi connectivity index (χ2n) is 6.90. The third kappa shape index (κ3) is 5.33. The van der Waals surface area contributed by atoms with E-state index in [0.29, 0.717) is 11.4 Å². The summed E-state index contributed by atoms with van der Waals surface area (Å²) >= 11 is 0. The van der Waals surface area contributed by atoms with Crippen LogP contribution in [0.2, 0.25) is 0 Å². The van der Waals surface area contributed by atoms with Crippen LogP contribution in [0.1, 0.15) is 25.3 Å². The molecule has 1 saturated carbocycles. The summed E-state index contributed by atoms with van der Waals surface area (Å²) in [5.41, 5.74) is 3.76. The lowest BCUT2D eigenvalue weighted by atomic mass is 10.1. The van der Waals surface area contributed by atoms with Crippen molar-refractivity contribution in [3.8, 4) is 0 Å². The van der Waals surface area contributed by atoms with Crippen molar-refractivity contribution in [2.75, 3.05) is 27.8 Å². The smallest absolute Gasteiger partial charge is 0.243 e. The minimum absolute atomic E-state index is 0.0562. The highest BCUT2D eigenvalue weighted by Crippen LogP contribution is 2.31. The van der Waals surface area contributed by atoms with Crippen molar-refractivity contribution in [1.82, 2.24) is 0 Å². The normalized spacial score (nSPS) is 12.8. The molecule has 28 heavy (non-hydrogen) atoms. The average Bonchev–Trinajstić information content (AvgIpc) is 3.49. The van der Waals surface area contributed by atoms with Crippen molar-refractivity contribution in [1.29, 1.82) is 0 Å². The predicted molar refractivity (Wildman–Crippen MR) is 110 cm³/mol. The van der Waals surface area contributed by atoms with Crippen molar-refractivity contribution < 1.29 is 14.4 Å². The van der Waals surface area contributed by atoms with E-state index in [0.717, 1.165) is 29.8 Å². The third-order valence-electron chi connectivity index (χ3n) is 4.47. The van der Waals surface area contributed by atoms with Crippen LogP contribution < -0.4 is 21.3 Å². The zero-order valence-corrected chi connectivity index (χ0v) is 16.0. The molecule has 3 rings (SSSR count). The molecule has 0 aliphatic heterocycles. The molecule has 1 fully saturated rings. The van der Waals surface area contributed by atoms with E-state index in [2.05, 4.69) is 21.3 Å². The van der Waals surface area contributed by atoms with Gasteiger partial charge in [-0.2, -0.15) is 0 Å². The Morgan fingerprint density at radius 1 is 0.893 bits per heavy atom. The van der Waals surface area contributed by atoms with Gasteiger partial charge in [0, 0.05) is 35.6 Å². The molecule has 7 heteroatoms. The van der Waals surface area contributed by atoms with E-state index in [4.69, 9.17) is 0 Å². The van der Waals surface area contributed by atoms with E-state index in [1.54, 1.807) is 24.3 Å². The number of rotatable bonds is 7. The Labute approximate surface area is 163 Å². The fourth-order valence-corrected chi connectivity index (χ4v) is 2.76. The maximum absolute atomic E-state index is 12.2. The third-order valence-corrected chi connectivity index (χ3v) is 4.47. The highest BCUT2D eigenvalue weighted by molar-refractivity contribution is 5.96. The van der Waals surface area contributed by atoms with Gasteiger partial charge < -0.3 is 21.3 Å². The Kier molecular flexibility index (Phi) is 5.93. The van der Waals surface area contributed by atoms with E-state index in [9.17, 15) is 14.4 Å². The van der Waals surface area contributed by atoms with Gasteiger partial charge in [-0.1, -0.05) is 6.07 Å². The van der Waals surface area contributed by atoms with Gasteiger partial charge in [0.25, 0.3) is 0 Å². The maximum Gasteiger partial charge on any atom is 0.243 e. The molecule has 1 aliphatic carbocycles. The van der Waals surface area contributed by atoms with Crippen LogP contribution in [-0.4, -0.2) is 24.3 Å². The van der Waals surface area contributed by atoms with Crippen molar-refractivity contribution in [2.45, 2.75) is 26.7 Å². The zero-order valence-electron chi connectivity index (χ0n) is 16.0. The average molecular weight is 380 g/mol. The van der Waals surface area contributed by atoms with Crippen molar-refractivity contribution >= 4 is 40.5 Å². The first-order valence-corrected chi connectivity index (χ1v) is 9.24. The molecular weight excluding hydrogens is 356 g/mol. The first kappa shape index (κ1) is 19.4. The van der Waals surface area contributed by atoms with Crippen LogP contribution in [0, 0.1) is 12.8 Å². The van der Waals surface area contributed by atoms with E-state index in [1.807, 2.05) is 25.1 Å². The molecule has 2 aromatic carbocycles. The number of benzene rings is 2. The van der Waals surface area contributed by atoms with Gasteiger partial charge in [0.05, 0.1) is 6.54 Å². The summed E-state index contributed by atoms with van der Waals surface area (Å²) < 4.78 is 0. The predicted octanol–water partition coefficient (Wildman–Crippen LogP) is 3.35. The molecule has 3 amide bonds. The van der Waals surface area contributed by atoms with Gasteiger partial charge in [0.2, 0.25) is 17.7 Å². The fourth-order valence-electron chi connectivity index (χ4n) is 2.76. The highest BCUT2D eigenvalue weighted by atomic mass is 16.2. The standard InChI is InChI=1S/C21H24N4O3/c1-13-18(4-3-5-19(13)25-21(28)15-6-7-15)22-12-20(27)24-17-10-8-16(9-11-17)23-14(2)26/h3-5,8-11,15,22H,6-7,12H2,1-2H3,(H,23,26)(H,24,27)(H,25,28). The Morgan fingerprint density at radius 3 is 2.11 bits per heavy atom. The summed E-state index contributed by atoms with van der Waals surface area (Å²) in [4.78, 5) is 35.2. The van der Waals surface area contributed by atoms with Crippen molar-refractivity contribution in [3.63, 3.8) is 0 Å². The molecule has 0 radical (unpaired) electrons. The van der Waals surface area contributed by atoms with E-state index < -0.39 is 0 Å². The minimum Gasteiger partial charge on any atom is -0.376 e. The first-order valence-electron chi connectivity index (χ1n) is 9.24. The van der Waals surface area contributed by atoms with Crippen LogP contribution in [0.5, 0.6) is 0 Å². The number of hydrogen-bond donors (Lipinski definition) is 4. The number of hydrogen-bond acceptors (Lipinski definition) is 4. The van der Waals surface area contributed by atoms with E-state index in [-0.39, 0.29) is 30.2 Å². The number of nitrogens with one attached hydrogen (secondary N) is 4. The summed E-state index contributed by atoms with van der Waals surface area (Å²) in [6, 6.07) is 12.5. The topological polar surface area (TPSA) is 99.3 Å². The lowest BCUT2D eigenvalue weighted by molar-refractivity contribution is -0.117. The molecule has 7 nitrogen and oxygen atoms in total. The molecule has 2 aromatic rings. The number of amides is 3. The van der Waals surface area contributed by atoms with Crippen molar-refractivity contribution in [2.24, 2.45) is 5.92 Å². The van der Waals surface area contributed by atoms with E-state index in [1.165, 1.54) is 6.92 Å². The SMILES string of the molecule is CC(=O)Nc1ccc(NC(=O)CNc2cccc(NC(=O)C3CC3)c2C)cc1. The molecule has 0 heterocycles. The number of carbonyl (C=O) groups is 3. The monoisotopic (exact) mass is 380 g/mol. The summed E-state index contributed by atoms with van der Waals surface area (Å²) in [7, 11) is 0. The quantitative estimate of drug-likeness (QED) is 0.592. The van der Waals surface area contributed by atoms with Crippen LogP contribution >= 0.6 is 0 Å². The van der Waals surface area contributed by atoms with E-state index >= 15 is 0 Å². The molecule has 0 aromatic heterocycles. The Balaban J connectivity index is 1.54. The molecule has 0 bridgehead atoms. The molecule has 0 spiro atoms. The van der Waals surface area contributed by atoms with Crippen molar-refractivity contribution in [3.05, 3.63) is 48.0 Å². The summed E-state index contributed by atoms with van der Waals surface area (Å²) in [5.74, 6) is -0.148. The second-order valence-corrected chi connectivity index (χ2v) is 6.90. The number of anilines is 4. The van der Waals surface area contributed by atoms with Gasteiger partial charge in [-0.05, 0) is 61.7 Å². The largest absolute Gasteiger partial charge is 0.376 e. The highest BCUT2D eigenvalue weighted by Gasteiger charge is 2.29. The molecule has 4 N–H and O–H groups in total. The second kappa shape index (κ2) is 8.56. The summed E-state index contributed by atoms with van der Waals surface area (Å²) in [6.07, 6.45) is 1.91. The lowest BCUT2D eigenvalue weighted by Crippen LogP contribution is -2.22. The zero-order chi connectivity index (χ0) is 20.1. The molecule has 146 valence electrons. The number of carbonyl (C=O) groups excluding carboxylic acids is 3. The van der Waals surface area contributed by atoms with Crippen LogP contribution in [0.15, 0.2) is 42.5 Å². The molecule has 1 aliphatic rings. The van der Waals surface area contributed by atoms with Gasteiger partial charge in [-0.15, -0.1) is 0 Å². The van der Waals surface area contributed by atoms with Crippen LogP contribution in [0.3, 0.4) is 0 Å². The fraction of sp³-hybridized carbons (Fsp3) is 0.286. The molecule has 0 saturated heterocycles. The van der Waals surface area contributed by atoms with Gasteiger partial charge in [0.1, 0.15) is 0 Å². The van der Waals surface area contributed by atoms with Gasteiger partial charge in [-0.25, -0.2) is 0 Å². The molecule has 0 unspecified atom stereocenters. The minimum atomic E-state index is -0.195. The summed E-state index contributed by atoms with van der Waals surface area (Å²) in [6.45, 7) is 3.44. The molecular formula is C21H24N4O3.